The van der Waals surface area contributed by atoms with Gasteiger partial charge in [0.05, 0.1) is 18.0 Å². The van der Waals surface area contributed by atoms with Crippen LogP contribution in [0.2, 0.25) is 5.02 Å². The van der Waals surface area contributed by atoms with Gasteiger partial charge in [0.2, 0.25) is 15.9 Å². The number of benzene rings is 2. The Morgan fingerprint density at radius 1 is 1.12 bits per heavy atom. The molecule has 2 aromatic rings. The van der Waals surface area contributed by atoms with E-state index in [2.05, 4.69) is 27.1 Å². The van der Waals surface area contributed by atoms with Crippen molar-refractivity contribution in [2.45, 2.75) is 69.2 Å². The number of nitrogens with one attached hydrogen (secondary N) is 2. The molecule has 232 valence electrons. The minimum absolute atomic E-state index is 0.0943. The van der Waals surface area contributed by atoms with Crippen molar-refractivity contribution < 1.29 is 27.9 Å². The molecule has 1 saturated carbocycles. The number of aliphatic hydroxyl groups is 1. The number of carbonyl (C=O) groups is 2. The van der Waals surface area contributed by atoms with Gasteiger partial charge in [-0.1, -0.05) is 30.5 Å². The van der Waals surface area contributed by atoms with E-state index in [4.69, 9.17) is 16.3 Å². The van der Waals surface area contributed by atoms with Gasteiger partial charge in [0, 0.05) is 35.1 Å². The lowest BCUT2D eigenvalue weighted by Crippen LogP contribution is -2.52. The fourth-order valence-electron chi connectivity index (χ4n) is 7.62. The van der Waals surface area contributed by atoms with Crippen LogP contribution in [0.4, 0.5) is 5.69 Å². The summed E-state index contributed by atoms with van der Waals surface area (Å²) >= 11 is 6.39. The second-order valence-corrected chi connectivity index (χ2v) is 15.0. The van der Waals surface area contributed by atoms with Gasteiger partial charge >= 0.3 is 0 Å². The largest absolute Gasteiger partial charge is 0.490 e. The first-order valence-electron chi connectivity index (χ1n) is 15.4. The van der Waals surface area contributed by atoms with Crippen LogP contribution in [0.1, 0.15) is 72.9 Å². The molecular weight excluding hydrogens is 590 g/mol. The number of sulfonamides is 1. The topological polar surface area (TPSA) is 125 Å². The minimum atomic E-state index is -3.81. The van der Waals surface area contributed by atoms with Crippen molar-refractivity contribution in [1.29, 1.82) is 0 Å². The first kappa shape index (κ1) is 30.2. The summed E-state index contributed by atoms with van der Waals surface area (Å²) in [6.07, 6.45) is 7.43. The summed E-state index contributed by atoms with van der Waals surface area (Å²) in [4.78, 5) is 27.8. The highest BCUT2D eigenvalue weighted by Gasteiger charge is 2.44. The summed E-state index contributed by atoms with van der Waals surface area (Å²) in [6.45, 7) is 1.31. The Bertz CT molecular complexity index is 1500. The van der Waals surface area contributed by atoms with Gasteiger partial charge in [-0.25, -0.2) is 13.1 Å². The Labute approximate surface area is 258 Å². The summed E-state index contributed by atoms with van der Waals surface area (Å²) in [7, 11) is -3.81. The van der Waals surface area contributed by atoms with E-state index in [1.54, 1.807) is 18.2 Å². The molecule has 0 aromatic heterocycles. The number of aliphatic hydroxyl groups excluding tert-OH is 1. The monoisotopic (exact) mass is 629 g/mol. The fourth-order valence-corrected chi connectivity index (χ4v) is 8.90. The number of anilines is 1. The normalized spacial score (nSPS) is 28.7. The van der Waals surface area contributed by atoms with Crippen LogP contribution >= 0.6 is 11.6 Å². The molecule has 2 amide bonds. The van der Waals surface area contributed by atoms with E-state index < -0.39 is 22.5 Å². The molecule has 4 atom stereocenters. The minimum Gasteiger partial charge on any atom is -0.490 e. The first-order valence-corrected chi connectivity index (χ1v) is 17.5. The van der Waals surface area contributed by atoms with E-state index >= 15 is 0 Å². The molecule has 0 saturated heterocycles. The highest BCUT2D eigenvalue weighted by Crippen LogP contribution is 2.47. The third-order valence-corrected chi connectivity index (χ3v) is 11.5. The predicted molar refractivity (Wildman–Crippen MR) is 165 cm³/mol. The van der Waals surface area contributed by atoms with Gasteiger partial charge in [0.15, 0.2) is 0 Å². The lowest BCUT2D eigenvalue weighted by atomic mass is 9.67. The Balaban J connectivity index is 1.40. The summed E-state index contributed by atoms with van der Waals surface area (Å²) in [5.74, 6) is 0.0276. The summed E-state index contributed by atoms with van der Waals surface area (Å²) in [5.41, 5.74) is 3.24. The average Bonchev–Trinajstić information content (AvgIpc) is 3.11. The van der Waals surface area contributed by atoms with Crippen molar-refractivity contribution in [1.82, 2.24) is 10.0 Å². The smallest absolute Gasteiger partial charge is 0.264 e. The van der Waals surface area contributed by atoms with Gasteiger partial charge in [-0.3, -0.25) is 9.59 Å². The van der Waals surface area contributed by atoms with Crippen molar-refractivity contribution in [2.75, 3.05) is 37.0 Å². The van der Waals surface area contributed by atoms with Gasteiger partial charge in [0.25, 0.3) is 5.91 Å². The molecule has 3 N–H and O–H groups in total. The number of fused-ring (bicyclic) bond motifs is 4. The molecule has 0 radical (unpaired) electrons. The molecule has 43 heavy (non-hydrogen) atoms. The van der Waals surface area contributed by atoms with E-state index in [-0.39, 0.29) is 34.6 Å². The number of amides is 2. The first-order chi connectivity index (χ1) is 20.7. The fraction of sp³-hybridized carbons (Fsp3) is 0.562. The molecule has 6 rings (SSSR count). The number of carbonyl (C=O) groups excluding carboxylic acids is 2. The Kier molecular flexibility index (Phi) is 8.63. The van der Waals surface area contributed by atoms with Crippen LogP contribution in [0.3, 0.4) is 0 Å². The van der Waals surface area contributed by atoms with Gasteiger partial charge in [0.1, 0.15) is 12.4 Å². The highest BCUT2D eigenvalue weighted by atomic mass is 35.5. The van der Waals surface area contributed by atoms with Crippen molar-refractivity contribution in [3.63, 3.8) is 0 Å². The number of hydrogen-bond donors (Lipinski definition) is 3. The van der Waals surface area contributed by atoms with E-state index in [0.29, 0.717) is 50.6 Å². The molecule has 2 aromatic carbocycles. The lowest BCUT2D eigenvalue weighted by molar-refractivity contribution is -0.125. The zero-order chi connectivity index (χ0) is 30.2. The Morgan fingerprint density at radius 3 is 2.77 bits per heavy atom. The van der Waals surface area contributed by atoms with Crippen molar-refractivity contribution in [3.05, 3.63) is 58.1 Å². The quantitative estimate of drug-likeness (QED) is 0.459. The van der Waals surface area contributed by atoms with Crippen LogP contribution in [0, 0.1) is 11.8 Å². The number of rotatable bonds is 2. The molecule has 11 heteroatoms. The highest BCUT2D eigenvalue weighted by molar-refractivity contribution is 7.90. The Hall–Kier alpha value is -2.82. The predicted octanol–water partition coefficient (Wildman–Crippen LogP) is 3.95. The molecule has 2 aliphatic heterocycles. The number of aryl methyl sites for hydroxylation is 1. The number of nitrogens with zero attached hydrogens (tertiary/aromatic N) is 1. The standard InChI is InChI=1S/C32H40ClN3O6S/c33-24-9-11-26-21(15-24)5-4-13-32(26)19-36-17-23-7-10-25(23)27(34-30(38)18-37)6-2-1-3-14-43(40,41)35-31(39)22-8-12-29(42-20-32)28(36)16-22/h8-9,11-12,15-16,23,25,27,37H,1-7,10,13-14,17-20H2,(H,34,38)(H,35,39)/t23-,25+,27-,32-/m0/s1. The molecular formula is C32H40ClN3O6S. The van der Waals surface area contributed by atoms with Crippen molar-refractivity contribution in [3.8, 4) is 5.75 Å². The van der Waals surface area contributed by atoms with E-state index in [1.165, 1.54) is 11.1 Å². The molecule has 1 spiro atoms. The maximum atomic E-state index is 13.2. The molecule has 2 aliphatic carbocycles. The molecule has 1 fully saturated rings. The van der Waals surface area contributed by atoms with E-state index in [9.17, 15) is 23.1 Å². The molecule has 0 unspecified atom stereocenters. The number of ether oxygens (including phenoxy) is 1. The van der Waals surface area contributed by atoms with Crippen LogP contribution in [0.25, 0.3) is 0 Å². The number of hydrogen-bond acceptors (Lipinski definition) is 7. The van der Waals surface area contributed by atoms with Crippen molar-refractivity contribution in [2.24, 2.45) is 11.8 Å². The van der Waals surface area contributed by atoms with Crippen LogP contribution in [0.15, 0.2) is 36.4 Å². The summed E-state index contributed by atoms with van der Waals surface area (Å²) < 4.78 is 34.3. The maximum Gasteiger partial charge on any atom is 0.264 e. The van der Waals surface area contributed by atoms with Gasteiger partial charge in [-0.15, -0.1) is 0 Å². The lowest BCUT2D eigenvalue weighted by Gasteiger charge is -2.47. The SMILES string of the molecule is O=C(CO)N[C@H]1CCCCCS(=O)(=O)NC(=O)c2ccc3c(c2)N(C[C@@H]2CC[C@H]21)C[C@@]1(CCCc2cc(Cl)ccc21)CO3. The van der Waals surface area contributed by atoms with Crippen LogP contribution in [-0.2, 0) is 26.7 Å². The third kappa shape index (κ3) is 6.37. The van der Waals surface area contributed by atoms with E-state index in [0.717, 1.165) is 49.2 Å². The van der Waals surface area contributed by atoms with E-state index in [1.807, 2.05) is 6.07 Å². The maximum absolute atomic E-state index is 13.2. The van der Waals surface area contributed by atoms with Gasteiger partial charge in [-0.2, -0.15) is 0 Å². The second kappa shape index (κ2) is 12.3. The molecule has 9 nitrogen and oxygen atoms in total. The number of halogens is 1. The third-order valence-electron chi connectivity index (χ3n) is 9.91. The molecule has 2 heterocycles. The molecule has 2 bridgehead atoms. The summed E-state index contributed by atoms with van der Waals surface area (Å²) in [5, 5.41) is 13.2. The van der Waals surface area contributed by atoms with Gasteiger partial charge in [-0.05, 0) is 98.2 Å². The average molecular weight is 630 g/mol. The second-order valence-electron chi connectivity index (χ2n) is 12.7. The summed E-state index contributed by atoms with van der Waals surface area (Å²) in [6, 6.07) is 11.2. The zero-order valence-corrected chi connectivity index (χ0v) is 25.9. The Morgan fingerprint density at radius 2 is 1.98 bits per heavy atom. The van der Waals surface area contributed by atoms with Gasteiger partial charge < -0.3 is 20.1 Å². The zero-order valence-electron chi connectivity index (χ0n) is 24.3. The van der Waals surface area contributed by atoms with Crippen molar-refractivity contribution >= 4 is 39.1 Å². The van der Waals surface area contributed by atoms with Crippen LogP contribution in [0.5, 0.6) is 5.75 Å². The van der Waals surface area contributed by atoms with Crippen LogP contribution in [-0.4, -0.2) is 63.4 Å². The van der Waals surface area contributed by atoms with Crippen LogP contribution < -0.4 is 19.7 Å². The molecule has 4 aliphatic rings.